The predicted molar refractivity (Wildman–Crippen MR) is 109 cm³/mol. The minimum atomic E-state index is -0.370. The van der Waals surface area contributed by atoms with Crippen LogP contribution in [0.3, 0.4) is 0 Å². The van der Waals surface area contributed by atoms with Gasteiger partial charge in [0, 0.05) is 23.1 Å². The minimum Gasteiger partial charge on any atom is -0.258 e. The van der Waals surface area contributed by atoms with E-state index in [9.17, 15) is 10.1 Å². The number of rotatable bonds is 3. The first-order chi connectivity index (χ1) is 13.0. The zero-order valence-electron chi connectivity index (χ0n) is 15.1. The zero-order valence-corrected chi connectivity index (χ0v) is 15.1. The first-order valence-corrected chi connectivity index (χ1v) is 8.75. The van der Waals surface area contributed by atoms with Crippen molar-refractivity contribution in [1.82, 2.24) is 4.98 Å². The number of nitrogens with zero attached hydrogens (tertiary/aromatic N) is 2. The molecule has 0 fully saturated rings. The third-order valence-electron chi connectivity index (χ3n) is 4.89. The van der Waals surface area contributed by atoms with E-state index in [1.54, 1.807) is 12.1 Å². The monoisotopic (exact) mass is 354 g/mol. The number of hydrogen-bond acceptors (Lipinski definition) is 3. The van der Waals surface area contributed by atoms with Crippen molar-refractivity contribution in [3.05, 3.63) is 94.0 Å². The smallest absolute Gasteiger partial charge is 0.258 e. The molecule has 27 heavy (non-hydrogen) atoms. The van der Waals surface area contributed by atoms with Gasteiger partial charge in [0.05, 0.1) is 16.1 Å². The van der Waals surface area contributed by atoms with Gasteiger partial charge in [0.25, 0.3) is 5.69 Å². The highest BCUT2D eigenvalue weighted by Crippen LogP contribution is 2.34. The topological polar surface area (TPSA) is 56.0 Å². The summed E-state index contributed by atoms with van der Waals surface area (Å²) in [6.07, 6.45) is 0. The summed E-state index contributed by atoms with van der Waals surface area (Å²) >= 11 is 0. The summed E-state index contributed by atoms with van der Waals surface area (Å²) < 4.78 is 0. The van der Waals surface area contributed by atoms with Crippen molar-refractivity contribution < 1.29 is 4.92 Å². The fraction of sp³-hybridized carbons (Fsp3) is 0.0870. The Morgan fingerprint density at radius 3 is 2.30 bits per heavy atom. The molecule has 0 aliphatic rings. The Balaban J connectivity index is 2.01. The van der Waals surface area contributed by atoms with Crippen molar-refractivity contribution in [3.8, 4) is 22.4 Å². The second-order valence-electron chi connectivity index (χ2n) is 6.68. The number of pyridine rings is 1. The number of nitro groups is 1. The Labute approximate surface area is 157 Å². The molecule has 0 saturated heterocycles. The van der Waals surface area contributed by atoms with E-state index in [0.29, 0.717) is 0 Å². The average Bonchev–Trinajstić information content (AvgIpc) is 2.69. The number of hydrogen-bond donors (Lipinski definition) is 0. The van der Waals surface area contributed by atoms with Crippen LogP contribution in [-0.2, 0) is 0 Å². The molecule has 0 aliphatic heterocycles. The van der Waals surface area contributed by atoms with Gasteiger partial charge in [-0.3, -0.25) is 10.1 Å². The maximum atomic E-state index is 11.2. The van der Waals surface area contributed by atoms with Crippen LogP contribution < -0.4 is 0 Å². The Morgan fingerprint density at radius 2 is 1.59 bits per heavy atom. The van der Waals surface area contributed by atoms with E-state index in [2.05, 4.69) is 32.0 Å². The van der Waals surface area contributed by atoms with Crippen LogP contribution in [0, 0.1) is 24.0 Å². The molecule has 0 spiro atoms. The molecule has 0 unspecified atom stereocenters. The van der Waals surface area contributed by atoms with Crippen LogP contribution in [0.5, 0.6) is 0 Å². The summed E-state index contributed by atoms with van der Waals surface area (Å²) in [5.74, 6) is 0. The summed E-state index contributed by atoms with van der Waals surface area (Å²) in [5, 5.41) is 12.0. The van der Waals surface area contributed by atoms with E-state index in [4.69, 9.17) is 4.98 Å². The van der Waals surface area contributed by atoms with Crippen LogP contribution in [0.15, 0.2) is 72.8 Å². The molecule has 4 rings (SSSR count). The van der Waals surface area contributed by atoms with Crippen molar-refractivity contribution in [2.24, 2.45) is 0 Å². The molecule has 4 aromatic rings. The molecule has 0 aliphatic carbocycles. The Kier molecular flexibility index (Phi) is 4.16. The second kappa shape index (κ2) is 6.65. The molecule has 1 aromatic heterocycles. The van der Waals surface area contributed by atoms with Crippen LogP contribution in [0.4, 0.5) is 5.69 Å². The number of benzene rings is 3. The molecule has 3 aromatic carbocycles. The van der Waals surface area contributed by atoms with Crippen LogP contribution in [0.1, 0.15) is 11.1 Å². The molecule has 4 nitrogen and oxygen atoms in total. The fourth-order valence-corrected chi connectivity index (χ4v) is 3.23. The van der Waals surface area contributed by atoms with Crippen LogP contribution in [-0.4, -0.2) is 9.91 Å². The maximum Gasteiger partial charge on any atom is 0.270 e. The van der Waals surface area contributed by atoms with Gasteiger partial charge in [-0.1, -0.05) is 42.5 Å². The number of non-ortho nitro benzene ring substituents is 1. The lowest BCUT2D eigenvalue weighted by molar-refractivity contribution is -0.384. The molecule has 0 N–H and O–H groups in total. The third-order valence-corrected chi connectivity index (χ3v) is 4.89. The van der Waals surface area contributed by atoms with Gasteiger partial charge >= 0.3 is 0 Å². The van der Waals surface area contributed by atoms with Crippen molar-refractivity contribution in [2.45, 2.75) is 13.8 Å². The lowest BCUT2D eigenvalue weighted by atomic mass is 9.97. The molecular weight excluding hydrogens is 336 g/mol. The lowest BCUT2D eigenvalue weighted by Gasteiger charge is -2.11. The molecule has 132 valence electrons. The highest BCUT2D eigenvalue weighted by Gasteiger charge is 2.14. The number of fused-ring (bicyclic) bond motifs is 1. The van der Waals surface area contributed by atoms with Gasteiger partial charge in [-0.25, -0.2) is 4.98 Å². The van der Waals surface area contributed by atoms with E-state index in [-0.39, 0.29) is 10.6 Å². The van der Waals surface area contributed by atoms with Gasteiger partial charge < -0.3 is 0 Å². The second-order valence-corrected chi connectivity index (χ2v) is 6.68. The van der Waals surface area contributed by atoms with Crippen LogP contribution in [0.2, 0.25) is 0 Å². The Hall–Kier alpha value is -3.53. The number of aromatic nitrogens is 1. The molecule has 0 saturated carbocycles. The van der Waals surface area contributed by atoms with Gasteiger partial charge in [-0.2, -0.15) is 0 Å². The van der Waals surface area contributed by atoms with E-state index in [0.717, 1.165) is 33.3 Å². The minimum absolute atomic E-state index is 0.0698. The van der Waals surface area contributed by atoms with Crippen LogP contribution in [0.25, 0.3) is 33.3 Å². The zero-order chi connectivity index (χ0) is 19.0. The highest BCUT2D eigenvalue weighted by molar-refractivity contribution is 5.97. The van der Waals surface area contributed by atoms with Crippen molar-refractivity contribution in [2.75, 3.05) is 0 Å². The largest absolute Gasteiger partial charge is 0.270 e. The standard InChI is InChI=1S/C23H18N2O2/c1-15-8-9-18(12-16(15)2)23-14-20(17-6-4-3-5-7-17)21-13-19(25(26)27)10-11-22(21)24-23/h3-14H,1-2H3. The summed E-state index contributed by atoms with van der Waals surface area (Å²) in [6, 6.07) is 23.1. The molecule has 0 atom stereocenters. The molecule has 1 heterocycles. The van der Waals surface area contributed by atoms with Crippen LogP contribution >= 0.6 is 0 Å². The maximum absolute atomic E-state index is 11.2. The molecule has 0 radical (unpaired) electrons. The Bertz CT molecular complexity index is 1170. The normalized spacial score (nSPS) is 10.9. The number of nitro benzene ring substituents is 1. The first-order valence-electron chi connectivity index (χ1n) is 8.75. The molecule has 0 bridgehead atoms. The highest BCUT2D eigenvalue weighted by atomic mass is 16.6. The lowest BCUT2D eigenvalue weighted by Crippen LogP contribution is -1.93. The first kappa shape index (κ1) is 16.9. The van der Waals surface area contributed by atoms with Crippen molar-refractivity contribution >= 4 is 16.6 Å². The SMILES string of the molecule is Cc1ccc(-c2cc(-c3ccccc3)c3cc([N+](=O)[O-])ccc3n2)cc1C. The number of aryl methyl sites for hydroxylation is 2. The summed E-state index contributed by atoms with van der Waals surface area (Å²) in [6.45, 7) is 4.17. The molecule has 0 amide bonds. The van der Waals surface area contributed by atoms with Gasteiger partial charge in [0.15, 0.2) is 0 Å². The van der Waals surface area contributed by atoms with E-state index in [1.165, 1.54) is 17.2 Å². The van der Waals surface area contributed by atoms with Crippen molar-refractivity contribution in [1.29, 1.82) is 0 Å². The van der Waals surface area contributed by atoms with Crippen molar-refractivity contribution in [3.63, 3.8) is 0 Å². The van der Waals surface area contributed by atoms with E-state index < -0.39 is 0 Å². The van der Waals surface area contributed by atoms with Gasteiger partial charge in [0.2, 0.25) is 0 Å². The quantitative estimate of drug-likeness (QED) is 0.330. The summed E-state index contributed by atoms with van der Waals surface area (Å²) in [7, 11) is 0. The van der Waals surface area contributed by atoms with Gasteiger partial charge in [-0.05, 0) is 54.3 Å². The molecular formula is C23H18N2O2. The average molecular weight is 354 g/mol. The van der Waals surface area contributed by atoms with Gasteiger partial charge in [0.1, 0.15) is 0 Å². The summed E-state index contributed by atoms with van der Waals surface area (Å²) in [5.41, 5.74) is 7.11. The predicted octanol–water partition coefficient (Wildman–Crippen LogP) is 6.09. The van der Waals surface area contributed by atoms with E-state index in [1.807, 2.05) is 36.4 Å². The third kappa shape index (κ3) is 3.17. The van der Waals surface area contributed by atoms with E-state index >= 15 is 0 Å². The summed E-state index contributed by atoms with van der Waals surface area (Å²) in [4.78, 5) is 15.6. The Morgan fingerprint density at radius 1 is 0.815 bits per heavy atom. The van der Waals surface area contributed by atoms with Gasteiger partial charge in [-0.15, -0.1) is 0 Å². The molecule has 4 heteroatoms. The fourth-order valence-electron chi connectivity index (χ4n) is 3.23.